The zero-order chi connectivity index (χ0) is 35.9. The van der Waals surface area contributed by atoms with Crippen molar-refractivity contribution in [1.29, 1.82) is 0 Å². The fourth-order valence-corrected chi connectivity index (χ4v) is 3.78. The average Bonchev–Trinajstić information content (AvgIpc) is 2.95. The summed E-state index contributed by atoms with van der Waals surface area (Å²) in [6.07, 6.45) is -2.36. The Morgan fingerprint density at radius 1 is 0.652 bits per heavy atom. The summed E-state index contributed by atoms with van der Waals surface area (Å²) in [6.45, 7) is 7.48. The lowest BCUT2D eigenvalue weighted by Crippen LogP contribution is -2.61. The number of rotatable bonds is 20. The molecular formula is C27H48N8O11. The first kappa shape index (κ1) is 41.6. The number of aliphatic hydroxyl groups is 2. The van der Waals surface area contributed by atoms with Crippen LogP contribution in [0.4, 0.5) is 0 Å². The second-order valence-electron chi connectivity index (χ2n) is 11.4. The summed E-state index contributed by atoms with van der Waals surface area (Å²) < 4.78 is 0. The van der Waals surface area contributed by atoms with Crippen LogP contribution in [0, 0.1) is 11.8 Å². The van der Waals surface area contributed by atoms with Crippen LogP contribution in [0.2, 0.25) is 0 Å². The van der Waals surface area contributed by atoms with Crippen molar-refractivity contribution in [2.45, 2.75) is 96.7 Å². The Kier molecular flexibility index (Phi) is 18.0. The smallest absolute Gasteiger partial charge is 0.303 e. The van der Waals surface area contributed by atoms with Crippen molar-refractivity contribution >= 4 is 47.3 Å². The van der Waals surface area contributed by atoms with Crippen molar-refractivity contribution in [1.82, 2.24) is 31.9 Å². The van der Waals surface area contributed by atoms with Crippen molar-refractivity contribution in [2.24, 2.45) is 23.3 Å². The molecule has 7 atom stereocenters. The molecule has 46 heavy (non-hydrogen) atoms. The molecule has 0 heterocycles. The van der Waals surface area contributed by atoms with Crippen LogP contribution in [0.25, 0.3) is 0 Å². The van der Waals surface area contributed by atoms with Gasteiger partial charge in [0, 0.05) is 6.42 Å². The van der Waals surface area contributed by atoms with Crippen molar-refractivity contribution in [3.05, 3.63) is 0 Å². The highest BCUT2D eigenvalue weighted by Gasteiger charge is 2.34. The van der Waals surface area contributed by atoms with Gasteiger partial charge in [0.1, 0.15) is 30.2 Å². The van der Waals surface area contributed by atoms with E-state index in [1.165, 1.54) is 13.8 Å². The number of carbonyl (C=O) groups is 8. The molecule has 0 saturated heterocycles. The first-order chi connectivity index (χ1) is 21.2. The lowest BCUT2D eigenvalue weighted by atomic mass is 10.0. The number of carboxylic acid groups (broad SMARTS) is 1. The highest BCUT2D eigenvalue weighted by molar-refractivity contribution is 5.96. The molecule has 0 radical (unpaired) electrons. The summed E-state index contributed by atoms with van der Waals surface area (Å²) in [5, 5.41) is 42.4. The summed E-state index contributed by atoms with van der Waals surface area (Å²) >= 11 is 0. The molecule has 0 aromatic rings. The normalized spacial score (nSPS) is 15.6. The van der Waals surface area contributed by atoms with E-state index in [0.29, 0.717) is 0 Å². The van der Waals surface area contributed by atoms with E-state index < -0.39 is 121 Å². The third-order valence-electron chi connectivity index (χ3n) is 6.53. The van der Waals surface area contributed by atoms with E-state index in [0.717, 1.165) is 0 Å². The van der Waals surface area contributed by atoms with E-state index in [2.05, 4.69) is 31.9 Å². The van der Waals surface area contributed by atoms with Crippen molar-refractivity contribution < 1.29 is 53.7 Å². The third-order valence-corrected chi connectivity index (χ3v) is 6.53. The quantitative estimate of drug-likeness (QED) is 0.0584. The number of carbonyl (C=O) groups excluding carboxylic acids is 7. The predicted octanol–water partition coefficient (Wildman–Crippen LogP) is -5.09. The summed E-state index contributed by atoms with van der Waals surface area (Å²) in [6, 6.07) is -7.89. The van der Waals surface area contributed by atoms with E-state index in [4.69, 9.17) is 16.6 Å². The van der Waals surface area contributed by atoms with E-state index in [-0.39, 0.29) is 6.42 Å². The summed E-state index contributed by atoms with van der Waals surface area (Å²) in [5.41, 5.74) is 10.6. The molecule has 7 amide bonds. The summed E-state index contributed by atoms with van der Waals surface area (Å²) in [7, 11) is 0. The largest absolute Gasteiger partial charge is 0.481 e. The van der Waals surface area contributed by atoms with Gasteiger partial charge in [-0.2, -0.15) is 0 Å². The van der Waals surface area contributed by atoms with Crippen LogP contribution < -0.4 is 43.4 Å². The van der Waals surface area contributed by atoms with Gasteiger partial charge in [0.15, 0.2) is 0 Å². The number of nitrogens with two attached hydrogens (primary N) is 2. The Balaban J connectivity index is 5.56. The van der Waals surface area contributed by atoms with Gasteiger partial charge in [0.2, 0.25) is 41.4 Å². The van der Waals surface area contributed by atoms with Crippen LogP contribution in [-0.2, 0) is 38.4 Å². The number of aliphatic carboxylic acids is 1. The summed E-state index contributed by atoms with van der Waals surface area (Å²) in [4.78, 5) is 98.6. The molecule has 0 aromatic heterocycles. The number of aliphatic hydroxyl groups excluding tert-OH is 2. The highest BCUT2D eigenvalue weighted by Crippen LogP contribution is 2.07. The van der Waals surface area contributed by atoms with Gasteiger partial charge in [-0.1, -0.05) is 27.7 Å². The molecule has 0 aliphatic heterocycles. The zero-order valence-corrected chi connectivity index (χ0v) is 26.8. The fraction of sp³-hybridized carbons (Fsp3) is 0.704. The minimum atomic E-state index is -1.64. The number of primary amides is 1. The Hall–Kier alpha value is -4.36. The Bertz CT molecular complexity index is 1110. The maximum absolute atomic E-state index is 13.1. The third kappa shape index (κ3) is 14.6. The Labute approximate surface area is 266 Å². The SMILES string of the molecule is CC(C)[C@H](NC(=O)CNC(=O)[C@@H](NC(=O)[C@@H](NC(=O)[C@H](CCC(=O)O)NC(=O)[C@@H](C)N)[C@@H](C)O)C(C)C)C(=O)N[C@@H](CO)C(N)=O. The monoisotopic (exact) mass is 660 g/mol. The van der Waals surface area contributed by atoms with Crippen LogP contribution in [0.3, 0.4) is 0 Å². The van der Waals surface area contributed by atoms with Gasteiger partial charge in [-0.15, -0.1) is 0 Å². The van der Waals surface area contributed by atoms with Gasteiger partial charge in [-0.25, -0.2) is 0 Å². The van der Waals surface area contributed by atoms with Crippen LogP contribution in [-0.4, -0.2) is 118 Å². The number of hydrogen-bond acceptors (Lipinski definition) is 11. The van der Waals surface area contributed by atoms with Crippen LogP contribution in [0.5, 0.6) is 0 Å². The molecule has 19 heteroatoms. The molecule has 0 bridgehead atoms. The van der Waals surface area contributed by atoms with E-state index in [1.54, 1.807) is 27.7 Å². The van der Waals surface area contributed by atoms with E-state index in [1.807, 2.05) is 0 Å². The maximum atomic E-state index is 13.1. The van der Waals surface area contributed by atoms with Gasteiger partial charge < -0.3 is 58.7 Å². The molecule has 0 saturated carbocycles. The van der Waals surface area contributed by atoms with Gasteiger partial charge in [0.05, 0.1) is 25.3 Å². The molecular weight excluding hydrogens is 612 g/mol. The number of nitrogens with one attached hydrogen (secondary N) is 6. The van der Waals surface area contributed by atoms with Crippen LogP contribution in [0.1, 0.15) is 54.4 Å². The Morgan fingerprint density at radius 3 is 1.57 bits per heavy atom. The standard InChI is InChI=1S/C27H48N8O11/c1-11(2)19(25(44)30-9-17(38)33-20(12(3)4)26(45)32-16(10-36)22(29)41)34-27(46)21(14(6)37)35-24(43)15(7-8-18(39)40)31-23(42)13(5)28/h11-16,19-21,36-37H,7-10,28H2,1-6H3,(H2,29,41)(H,30,44)(H,31,42)(H,32,45)(H,33,38)(H,34,46)(H,35,43)(H,39,40)/t13-,14-,15+,16+,19+,20+,21+/m1/s1. The number of amides is 7. The topological polar surface area (TPSA) is 321 Å². The second kappa shape index (κ2) is 19.9. The minimum Gasteiger partial charge on any atom is -0.481 e. The van der Waals surface area contributed by atoms with Gasteiger partial charge in [-0.05, 0) is 32.1 Å². The van der Waals surface area contributed by atoms with Crippen molar-refractivity contribution in [3.63, 3.8) is 0 Å². The molecule has 0 spiro atoms. The molecule has 262 valence electrons. The minimum absolute atomic E-state index is 0.348. The maximum Gasteiger partial charge on any atom is 0.303 e. The molecule has 0 aliphatic carbocycles. The Morgan fingerprint density at radius 2 is 1.13 bits per heavy atom. The number of hydrogen-bond donors (Lipinski definition) is 11. The lowest BCUT2D eigenvalue weighted by Gasteiger charge is -2.28. The second-order valence-corrected chi connectivity index (χ2v) is 11.4. The van der Waals surface area contributed by atoms with Gasteiger partial charge >= 0.3 is 5.97 Å². The van der Waals surface area contributed by atoms with E-state index in [9.17, 15) is 48.6 Å². The first-order valence-corrected chi connectivity index (χ1v) is 14.6. The molecule has 13 N–H and O–H groups in total. The highest BCUT2D eigenvalue weighted by atomic mass is 16.4. The van der Waals surface area contributed by atoms with Crippen LogP contribution in [0.15, 0.2) is 0 Å². The summed E-state index contributed by atoms with van der Waals surface area (Å²) in [5.74, 6) is -8.44. The lowest BCUT2D eigenvalue weighted by molar-refractivity contribution is -0.139. The van der Waals surface area contributed by atoms with Gasteiger partial charge in [0.25, 0.3) is 0 Å². The van der Waals surface area contributed by atoms with Crippen molar-refractivity contribution in [3.8, 4) is 0 Å². The number of carboxylic acids is 1. The first-order valence-electron chi connectivity index (χ1n) is 14.6. The van der Waals surface area contributed by atoms with E-state index >= 15 is 0 Å². The molecule has 19 nitrogen and oxygen atoms in total. The van der Waals surface area contributed by atoms with Crippen molar-refractivity contribution in [2.75, 3.05) is 13.2 Å². The van der Waals surface area contributed by atoms with Crippen LogP contribution >= 0.6 is 0 Å². The molecule has 0 aliphatic rings. The predicted molar refractivity (Wildman–Crippen MR) is 161 cm³/mol. The average molecular weight is 661 g/mol. The molecule has 0 unspecified atom stereocenters. The molecule has 0 rings (SSSR count). The molecule has 0 aromatic carbocycles. The molecule has 0 fully saturated rings. The van der Waals surface area contributed by atoms with Gasteiger partial charge in [-0.3, -0.25) is 38.4 Å². The fourth-order valence-electron chi connectivity index (χ4n) is 3.78. The zero-order valence-electron chi connectivity index (χ0n) is 26.8.